The van der Waals surface area contributed by atoms with Crippen molar-refractivity contribution < 1.29 is 29.0 Å². The lowest BCUT2D eigenvalue weighted by Gasteiger charge is -2.42. The van der Waals surface area contributed by atoms with Gasteiger partial charge in [-0.1, -0.05) is 55.5 Å². The maximum atomic E-state index is 12.6. The van der Waals surface area contributed by atoms with Crippen LogP contribution in [-0.2, 0) is 19.1 Å². The molecule has 4 rings (SSSR count). The first kappa shape index (κ1) is 23.8. The van der Waals surface area contributed by atoms with E-state index in [-0.39, 0.29) is 30.9 Å². The minimum Gasteiger partial charge on any atom is -0.481 e. The van der Waals surface area contributed by atoms with Gasteiger partial charge in [0.1, 0.15) is 12.7 Å². The van der Waals surface area contributed by atoms with Crippen molar-refractivity contribution in [1.82, 2.24) is 10.2 Å². The normalized spacial score (nSPS) is 16.7. The third-order valence-corrected chi connectivity index (χ3v) is 6.90. The molecule has 2 amide bonds. The van der Waals surface area contributed by atoms with Gasteiger partial charge in [-0.2, -0.15) is 0 Å². The zero-order chi connectivity index (χ0) is 24.2. The molecule has 1 aliphatic carbocycles. The Hall–Kier alpha value is -3.39. The molecule has 0 aromatic heterocycles. The van der Waals surface area contributed by atoms with Crippen LogP contribution in [0.25, 0.3) is 11.1 Å². The van der Waals surface area contributed by atoms with Crippen molar-refractivity contribution in [2.45, 2.75) is 25.4 Å². The summed E-state index contributed by atoms with van der Waals surface area (Å²) >= 11 is 0. The van der Waals surface area contributed by atoms with E-state index in [1.165, 1.54) is 18.2 Å². The molecule has 1 saturated heterocycles. The number of carboxylic acid groups (broad SMARTS) is 1. The van der Waals surface area contributed by atoms with Crippen molar-refractivity contribution in [3.05, 3.63) is 59.7 Å². The third kappa shape index (κ3) is 4.77. The highest BCUT2D eigenvalue weighted by Crippen LogP contribution is 2.44. The van der Waals surface area contributed by atoms with Gasteiger partial charge in [-0.05, 0) is 22.3 Å². The van der Waals surface area contributed by atoms with Gasteiger partial charge in [0, 0.05) is 45.0 Å². The minimum absolute atomic E-state index is 0.0148. The summed E-state index contributed by atoms with van der Waals surface area (Å²) in [5.41, 5.74) is 4.62. The van der Waals surface area contributed by atoms with Crippen LogP contribution in [0.3, 0.4) is 0 Å². The average Bonchev–Trinajstić information content (AvgIpc) is 3.13. The molecular formula is C26H30N2O6. The Labute approximate surface area is 198 Å². The second-order valence-corrected chi connectivity index (χ2v) is 8.90. The standard InChI is InChI=1S/C26H30N2O6/c1-16(25(30)31)17-13-28(14-17)24(29)23(33-2)11-12-27-26(32)34-15-22-20-9-5-3-7-18(20)19-8-4-6-10-21(19)22/h3-10,16-17,22-23H,11-15H2,1-2H3,(H,27,32)(H,30,31). The zero-order valence-corrected chi connectivity index (χ0v) is 19.4. The van der Waals surface area contributed by atoms with Crippen molar-refractivity contribution in [2.75, 3.05) is 33.4 Å². The maximum absolute atomic E-state index is 12.6. The van der Waals surface area contributed by atoms with Gasteiger partial charge in [0.25, 0.3) is 5.91 Å². The molecule has 0 bridgehead atoms. The highest BCUT2D eigenvalue weighted by atomic mass is 16.5. The molecule has 0 spiro atoms. The molecule has 2 aromatic rings. The van der Waals surface area contributed by atoms with Crippen molar-refractivity contribution in [3.63, 3.8) is 0 Å². The number of fused-ring (bicyclic) bond motifs is 3. The Morgan fingerprint density at radius 2 is 1.65 bits per heavy atom. The summed E-state index contributed by atoms with van der Waals surface area (Å²) < 4.78 is 10.8. The molecular weight excluding hydrogens is 436 g/mol. The van der Waals surface area contributed by atoms with Crippen LogP contribution in [0.15, 0.2) is 48.5 Å². The van der Waals surface area contributed by atoms with Gasteiger partial charge in [-0.25, -0.2) is 4.79 Å². The lowest BCUT2D eigenvalue weighted by molar-refractivity contribution is -0.156. The number of carbonyl (C=O) groups excluding carboxylic acids is 2. The van der Waals surface area contributed by atoms with E-state index in [1.807, 2.05) is 24.3 Å². The van der Waals surface area contributed by atoms with Crippen LogP contribution < -0.4 is 5.32 Å². The van der Waals surface area contributed by atoms with E-state index in [1.54, 1.807) is 11.8 Å². The fourth-order valence-electron chi connectivity index (χ4n) is 4.71. The molecule has 2 unspecified atom stereocenters. The number of ether oxygens (including phenoxy) is 2. The average molecular weight is 467 g/mol. The van der Waals surface area contributed by atoms with E-state index >= 15 is 0 Å². The monoisotopic (exact) mass is 466 g/mol. The Morgan fingerprint density at radius 1 is 1.06 bits per heavy atom. The number of methoxy groups -OCH3 is 1. The minimum atomic E-state index is -0.854. The molecule has 0 radical (unpaired) electrons. The number of carboxylic acids is 1. The van der Waals surface area contributed by atoms with Crippen LogP contribution >= 0.6 is 0 Å². The van der Waals surface area contributed by atoms with Crippen LogP contribution in [0.4, 0.5) is 4.79 Å². The molecule has 1 heterocycles. The summed E-state index contributed by atoms with van der Waals surface area (Å²) in [6.07, 6.45) is -0.937. The van der Waals surface area contributed by atoms with Gasteiger partial charge in [0.15, 0.2) is 0 Å². The maximum Gasteiger partial charge on any atom is 0.407 e. The van der Waals surface area contributed by atoms with E-state index in [0.29, 0.717) is 19.5 Å². The predicted octanol–water partition coefficient (Wildman–Crippen LogP) is 3.11. The van der Waals surface area contributed by atoms with Crippen LogP contribution in [0.2, 0.25) is 0 Å². The van der Waals surface area contributed by atoms with E-state index in [0.717, 1.165) is 11.1 Å². The molecule has 1 aliphatic heterocycles. The highest BCUT2D eigenvalue weighted by Gasteiger charge is 2.39. The van der Waals surface area contributed by atoms with E-state index in [2.05, 4.69) is 29.6 Å². The summed E-state index contributed by atoms with van der Waals surface area (Å²) in [6.45, 7) is 2.92. The first-order chi connectivity index (χ1) is 16.4. The number of likely N-dealkylation sites (tertiary alicyclic amines) is 1. The molecule has 1 fully saturated rings. The lowest BCUT2D eigenvalue weighted by Crippen LogP contribution is -2.56. The topological polar surface area (TPSA) is 105 Å². The van der Waals surface area contributed by atoms with Gasteiger partial charge < -0.3 is 24.8 Å². The number of amides is 2. The number of hydrogen-bond acceptors (Lipinski definition) is 5. The van der Waals surface area contributed by atoms with Crippen LogP contribution in [-0.4, -0.2) is 67.4 Å². The smallest absolute Gasteiger partial charge is 0.407 e. The number of benzene rings is 2. The highest BCUT2D eigenvalue weighted by molar-refractivity contribution is 5.82. The Bertz CT molecular complexity index is 1020. The Morgan fingerprint density at radius 3 is 2.21 bits per heavy atom. The second-order valence-electron chi connectivity index (χ2n) is 8.90. The number of nitrogens with zero attached hydrogens (tertiary/aromatic N) is 1. The SMILES string of the molecule is COC(CCNC(=O)OCC1c2ccccc2-c2ccccc21)C(=O)N1CC(C(C)C(=O)O)C1. The Balaban J connectivity index is 1.23. The summed E-state index contributed by atoms with van der Waals surface area (Å²) in [6, 6.07) is 16.3. The number of nitrogens with one attached hydrogen (secondary N) is 1. The summed E-state index contributed by atoms with van der Waals surface area (Å²) in [5, 5.41) is 11.8. The van der Waals surface area contributed by atoms with Crippen LogP contribution in [0.1, 0.15) is 30.4 Å². The summed E-state index contributed by atoms with van der Waals surface area (Å²) in [5.74, 6) is -1.59. The molecule has 8 heteroatoms. The molecule has 2 atom stereocenters. The van der Waals surface area contributed by atoms with Crippen LogP contribution in [0.5, 0.6) is 0 Å². The second kappa shape index (κ2) is 10.3. The van der Waals surface area contributed by atoms with E-state index in [4.69, 9.17) is 14.6 Å². The molecule has 0 saturated carbocycles. The largest absolute Gasteiger partial charge is 0.481 e. The number of alkyl carbamates (subject to hydrolysis) is 1. The summed E-state index contributed by atoms with van der Waals surface area (Å²) in [7, 11) is 1.45. The first-order valence-corrected chi connectivity index (χ1v) is 11.5. The third-order valence-electron chi connectivity index (χ3n) is 6.90. The van der Waals surface area contributed by atoms with Crippen molar-refractivity contribution in [3.8, 4) is 11.1 Å². The lowest BCUT2D eigenvalue weighted by atomic mass is 9.86. The van der Waals surface area contributed by atoms with Crippen molar-refractivity contribution in [2.24, 2.45) is 11.8 Å². The number of aliphatic carboxylic acids is 1. The fraction of sp³-hybridized carbons (Fsp3) is 0.423. The molecule has 2 N–H and O–H groups in total. The quantitative estimate of drug-likeness (QED) is 0.588. The molecule has 8 nitrogen and oxygen atoms in total. The zero-order valence-electron chi connectivity index (χ0n) is 19.4. The van der Waals surface area contributed by atoms with Crippen molar-refractivity contribution in [1.29, 1.82) is 0 Å². The first-order valence-electron chi connectivity index (χ1n) is 11.5. The predicted molar refractivity (Wildman–Crippen MR) is 125 cm³/mol. The number of hydrogen-bond donors (Lipinski definition) is 2. The number of rotatable bonds is 9. The summed E-state index contributed by atoms with van der Waals surface area (Å²) in [4.78, 5) is 37.6. The van der Waals surface area contributed by atoms with Gasteiger partial charge >= 0.3 is 12.1 Å². The van der Waals surface area contributed by atoms with Crippen molar-refractivity contribution >= 4 is 18.0 Å². The molecule has 180 valence electrons. The van der Waals surface area contributed by atoms with Gasteiger partial charge in [-0.3, -0.25) is 9.59 Å². The molecule has 2 aliphatic rings. The number of carbonyl (C=O) groups is 3. The van der Waals surface area contributed by atoms with Gasteiger partial charge in [-0.15, -0.1) is 0 Å². The van der Waals surface area contributed by atoms with E-state index in [9.17, 15) is 14.4 Å². The van der Waals surface area contributed by atoms with Crippen LogP contribution in [0, 0.1) is 11.8 Å². The van der Waals surface area contributed by atoms with E-state index < -0.39 is 24.1 Å². The Kier molecular flexibility index (Phi) is 7.17. The molecule has 2 aromatic carbocycles. The fourth-order valence-corrected chi connectivity index (χ4v) is 4.71. The molecule has 34 heavy (non-hydrogen) atoms. The van der Waals surface area contributed by atoms with Gasteiger partial charge in [0.2, 0.25) is 0 Å². The van der Waals surface area contributed by atoms with Gasteiger partial charge in [0.05, 0.1) is 5.92 Å².